The highest BCUT2D eigenvalue weighted by atomic mass is 16.5. The highest BCUT2D eigenvalue weighted by molar-refractivity contribution is 5.94. The van der Waals surface area contributed by atoms with E-state index in [2.05, 4.69) is 6.07 Å². The molecular formula is C15H18N2O4. The smallest absolute Gasteiger partial charge is 0.318 e. The van der Waals surface area contributed by atoms with Crippen molar-refractivity contribution in [3.8, 4) is 0 Å². The minimum absolute atomic E-state index is 0.108. The highest BCUT2D eigenvalue weighted by Crippen LogP contribution is 2.22. The van der Waals surface area contributed by atoms with E-state index in [0.717, 1.165) is 18.4 Å². The molecule has 112 valence electrons. The van der Waals surface area contributed by atoms with Crippen molar-refractivity contribution in [1.82, 2.24) is 5.32 Å². The number of carbonyl (C=O) groups excluding carboxylic acids is 3. The summed E-state index contributed by atoms with van der Waals surface area (Å²) in [4.78, 5) is 33.2. The molecule has 0 aromatic heterocycles. The van der Waals surface area contributed by atoms with Crippen LogP contribution >= 0.6 is 0 Å². The van der Waals surface area contributed by atoms with Crippen molar-refractivity contribution in [2.75, 3.05) is 6.61 Å². The van der Waals surface area contributed by atoms with Gasteiger partial charge in [0.25, 0.3) is 5.91 Å². The summed E-state index contributed by atoms with van der Waals surface area (Å²) < 4.78 is 4.79. The molecule has 0 heterocycles. The first kappa shape index (κ1) is 15.0. The van der Waals surface area contributed by atoms with Gasteiger partial charge in [-0.1, -0.05) is 18.2 Å². The number of rotatable bonds is 4. The van der Waals surface area contributed by atoms with Crippen LogP contribution in [-0.4, -0.2) is 24.5 Å². The fourth-order valence-electron chi connectivity index (χ4n) is 2.43. The van der Waals surface area contributed by atoms with E-state index in [0.29, 0.717) is 0 Å². The predicted octanol–water partition coefficient (Wildman–Crippen LogP) is 0.846. The minimum atomic E-state index is -0.967. The van der Waals surface area contributed by atoms with E-state index in [4.69, 9.17) is 10.5 Å². The van der Waals surface area contributed by atoms with Gasteiger partial charge in [-0.05, 0) is 42.4 Å². The normalized spacial score (nSPS) is 13.1. The molecule has 1 aromatic carbocycles. The summed E-state index contributed by atoms with van der Waals surface area (Å²) in [6.45, 7) is -0.507. The average Bonchev–Trinajstić information content (AvgIpc) is 2.44. The minimum Gasteiger partial charge on any atom is -0.455 e. The van der Waals surface area contributed by atoms with Crippen LogP contribution in [0.3, 0.4) is 0 Å². The molecule has 1 aliphatic rings. The van der Waals surface area contributed by atoms with Crippen LogP contribution in [0, 0.1) is 0 Å². The van der Waals surface area contributed by atoms with Gasteiger partial charge in [0.1, 0.15) is 0 Å². The van der Waals surface area contributed by atoms with Crippen molar-refractivity contribution in [3.63, 3.8) is 0 Å². The molecule has 0 spiro atoms. The molecule has 0 saturated heterocycles. The Bertz CT molecular complexity index is 569. The van der Waals surface area contributed by atoms with Crippen molar-refractivity contribution in [3.05, 3.63) is 34.9 Å². The van der Waals surface area contributed by atoms with E-state index >= 15 is 0 Å². The lowest BCUT2D eigenvalue weighted by molar-refractivity contribution is -0.147. The zero-order chi connectivity index (χ0) is 15.2. The number of fused-ring (bicyclic) bond motifs is 1. The van der Waals surface area contributed by atoms with E-state index in [1.165, 1.54) is 24.0 Å². The second-order valence-corrected chi connectivity index (χ2v) is 5.06. The number of ether oxygens (including phenoxy) is 1. The molecule has 0 fully saturated rings. The molecule has 0 unspecified atom stereocenters. The number of imide groups is 1. The van der Waals surface area contributed by atoms with Gasteiger partial charge >= 0.3 is 12.0 Å². The van der Waals surface area contributed by atoms with Crippen LogP contribution in [0.5, 0.6) is 0 Å². The number of nitrogens with one attached hydrogen (secondary N) is 1. The Morgan fingerprint density at radius 3 is 2.57 bits per heavy atom. The zero-order valence-electron chi connectivity index (χ0n) is 11.7. The molecule has 0 atom stereocenters. The van der Waals surface area contributed by atoms with Gasteiger partial charge < -0.3 is 10.5 Å². The van der Waals surface area contributed by atoms with Crippen LogP contribution < -0.4 is 11.1 Å². The fraction of sp³-hybridized carbons (Fsp3) is 0.400. The maximum atomic E-state index is 11.7. The Kier molecular flexibility index (Phi) is 4.92. The molecule has 2 rings (SSSR count). The molecule has 1 aromatic rings. The zero-order valence-corrected chi connectivity index (χ0v) is 11.7. The standard InChI is InChI=1S/C15H18N2O4/c16-15(20)17-13(18)9-21-14(19)8-10-5-6-11-3-1-2-4-12(11)7-10/h5-7H,1-4,8-9H2,(H3,16,17,18,20). The van der Waals surface area contributed by atoms with E-state index in [9.17, 15) is 14.4 Å². The summed E-state index contributed by atoms with van der Waals surface area (Å²) in [6, 6.07) is 5.02. The SMILES string of the molecule is NC(=O)NC(=O)COC(=O)Cc1ccc2c(c1)CCCC2. The summed E-state index contributed by atoms with van der Waals surface area (Å²) in [5.41, 5.74) is 8.28. The number of hydrogen-bond acceptors (Lipinski definition) is 4. The second-order valence-electron chi connectivity index (χ2n) is 5.06. The average molecular weight is 290 g/mol. The van der Waals surface area contributed by atoms with Crippen LogP contribution in [0.2, 0.25) is 0 Å². The number of urea groups is 1. The third-order valence-electron chi connectivity index (χ3n) is 3.39. The molecule has 1 aliphatic carbocycles. The molecular weight excluding hydrogens is 272 g/mol. The monoisotopic (exact) mass is 290 g/mol. The number of aryl methyl sites for hydroxylation is 2. The number of benzene rings is 1. The predicted molar refractivity (Wildman–Crippen MR) is 75.5 cm³/mol. The van der Waals surface area contributed by atoms with E-state index in [-0.39, 0.29) is 6.42 Å². The van der Waals surface area contributed by atoms with Gasteiger partial charge in [0.15, 0.2) is 6.61 Å². The Labute approximate surface area is 122 Å². The van der Waals surface area contributed by atoms with Crippen LogP contribution in [0.1, 0.15) is 29.5 Å². The third-order valence-corrected chi connectivity index (χ3v) is 3.39. The summed E-state index contributed by atoms with van der Waals surface area (Å²) in [5.74, 6) is -1.24. The van der Waals surface area contributed by atoms with Gasteiger partial charge in [-0.25, -0.2) is 4.79 Å². The Morgan fingerprint density at radius 2 is 1.86 bits per heavy atom. The van der Waals surface area contributed by atoms with Gasteiger partial charge in [0.2, 0.25) is 0 Å². The summed E-state index contributed by atoms with van der Waals surface area (Å²) in [7, 11) is 0. The first-order chi connectivity index (χ1) is 10.0. The van der Waals surface area contributed by atoms with Crippen LogP contribution in [0.4, 0.5) is 4.79 Å². The van der Waals surface area contributed by atoms with Crippen molar-refractivity contribution >= 4 is 17.9 Å². The van der Waals surface area contributed by atoms with Crippen molar-refractivity contribution in [2.45, 2.75) is 32.1 Å². The van der Waals surface area contributed by atoms with Crippen molar-refractivity contribution < 1.29 is 19.1 Å². The first-order valence-corrected chi connectivity index (χ1v) is 6.90. The molecule has 0 aliphatic heterocycles. The lowest BCUT2D eigenvalue weighted by atomic mass is 9.90. The largest absolute Gasteiger partial charge is 0.455 e. The topological polar surface area (TPSA) is 98.5 Å². The van der Waals surface area contributed by atoms with Gasteiger partial charge in [-0.15, -0.1) is 0 Å². The van der Waals surface area contributed by atoms with Crippen molar-refractivity contribution in [1.29, 1.82) is 0 Å². The van der Waals surface area contributed by atoms with Crippen molar-refractivity contribution in [2.24, 2.45) is 5.73 Å². The van der Waals surface area contributed by atoms with Gasteiger partial charge in [0, 0.05) is 0 Å². The van der Waals surface area contributed by atoms with Gasteiger partial charge in [-0.2, -0.15) is 0 Å². The molecule has 0 bridgehead atoms. The second kappa shape index (κ2) is 6.88. The Hall–Kier alpha value is -2.37. The number of primary amides is 1. The van der Waals surface area contributed by atoms with Crippen LogP contribution in [0.15, 0.2) is 18.2 Å². The van der Waals surface area contributed by atoms with Crippen LogP contribution in [0.25, 0.3) is 0 Å². The number of carbonyl (C=O) groups is 3. The molecule has 21 heavy (non-hydrogen) atoms. The number of amides is 3. The van der Waals surface area contributed by atoms with E-state index < -0.39 is 24.5 Å². The van der Waals surface area contributed by atoms with E-state index in [1.54, 1.807) is 0 Å². The summed E-state index contributed by atoms with van der Waals surface area (Å²) in [6.07, 6.45) is 4.63. The van der Waals surface area contributed by atoms with Gasteiger partial charge in [0.05, 0.1) is 6.42 Å². The molecule has 0 radical (unpaired) electrons. The molecule has 3 amide bonds. The quantitative estimate of drug-likeness (QED) is 0.803. The molecule has 6 heteroatoms. The van der Waals surface area contributed by atoms with Gasteiger partial charge in [-0.3, -0.25) is 14.9 Å². The van der Waals surface area contributed by atoms with E-state index in [1.807, 2.05) is 17.4 Å². The Balaban J connectivity index is 1.85. The maximum absolute atomic E-state index is 11.7. The fourth-order valence-corrected chi connectivity index (χ4v) is 2.43. The summed E-state index contributed by atoms with van der Waals surface area (Å²) in [5, 5.41) is 1.83. The number of nitrogens with two attached hydrogens (primary N) is 1. The van der Waals surface area contributed by atoms with Crippen LogP contribution in [-0.2, 0) is 33.6 Å². The molecule has 6 nitrogen and oxygen atoms in total. The third kappa shape index (κ3) is 4.59. The highest BCUT2D eigenvalue weighted by Gasteiger charge is 2.13. The number of hydrogen-bond donors (Lipinski definition) is 2. The summed E-state index contributed by atoms with van der Waals surface area (Å²) >= 11 is 0. The lowest BCUT2D eigenvalue weighted by Crippen LogP contribution is -2.37. The maximum Gasteiger partial charge on any atom is 0.318 e. The first-order valence-electron chi connectivity index (χ1n) is 6.90. The Morgan fingerprint density at radius 1 is 1.14 bits per heavy atom. The molecule has 0 saturated carbocycles. The lowest BCUT2D eigenvalue weighted by Gasteiger charge is -2.16. The molecule has 3 N–H and O–H groups in total. The number of esters is 1.